The van der Waals surface area contributed by atoms with Gasteiger partial charge in [0.25, 0.3) is 5.56 Å². The predicted molar refractivity (Wildman–Crippen MR) is 116 cm³/mol. The van der Waals surface area contributed by atoms with Crippen LogP contribution < -0.4 is 5.56 Å². The van der Waals surface area contributed by atoms with Crippen LogP contribution in [0.15, 0.2) is 53.7 Å². The molecule has 0 unspecified atom stereocenters. The number of aromatic nitrogens is 3. The van der Waals surface area contributed by atoms with Gasteiger partial charge in [-0.15, -0.1) is 0 Å². The molecule has 1 fully saturated rings. The van der Waals surface area contributed by atoms with Crippen molar-refractivity contribution < 1.29 is 14.2 Å². The van der Waals surface area contributed by atoms with Gasteiger partial charge in [0.1, 0.15) is 0 Å². The van der Waals surface area contributed by atoms with E-state index in [0.717, 1.165) is 16.3 Å². The number of ether oxygens (including phenoxy) is 1. The van der Waals surface area contributed by atoms with Crippen molar-refractivity contribution in [1.29, 1.82) is 0 Å². The van der Waals surface area contributed by atoms with Crippen LogP contribution in [0.25, 0.3) is 21.7 Å². The van der Waals surface area contributed by atoms with Crippen molar-refractivity contribution in [2.45, 2.75) is 25.0 Å². The minimum atomic E-state index is -0.779. The molecule has 2 aromatic heterocycles. The molecular formula is C23H19ClFN3O3. The number of aliphatic hydroxyl groups excluding tert-OH is 1. The maximum Gasteiger partial charge on any atom is 0.261 e. The molecule has 1 aliphatic heterocycles. The largest absolute Gasteiger partial charge is 0.389 e. The Hall–Kier alpha value is -2.87. The van der Waals surface area contributed by atoms with Crippen LogP contribution >= 0.6 is 11.6 Å². The smallest absolute Gasteiger partial charge is 0.261 e. The Morgan fingerprint density at radius 1 is 1.16 bits per heavy atom. The number of aliphatic hydroxyl groups is 1. The number of nitrogens with zero attached hydrogens (tertiary/aromatic N) is 3. The van der Waals surface area contributed by atoms with Gasteiger partial charge in [-0.25, -0.2) is 14.4 Å². The molecule has 31 heavy (non-hydrogen) atoms. The molecule has 2 atom stereocenters. The summed E-state index contributed by atoms with van der Waals surface area (Å²) in [5.41, 5.74) is 1.52. The van der Waals surface area contributed by atoms with Crippen molar-refractivity contribution in [3.8, 4) is 0 Å². The lowest BCUT2D eigenvalue weighted by Crippen LogP contribution is -2.39. The van der Waals surface area contributed by atoms with E-state index in [-0.39, 0.29) is 23.7 Å². The number of fused-ring (bicyclic) bond motifs is 3. The molecule has 6 nitrogen and oxygen atoms in total. The third-order valence-corrected chi connectivity index (χ3v) is 6.10. The predicted octanol–water partition coefficient (Wildman–Crippen LogP) is 3.65. The SMILES string of the molecule is O=c1c2cc(Cc3ccnc(Cl)c3F)c3ccccc3c2ncn1[C@H]1CCOC[C@@H]1O. The first-order chi connectivity index (χ1) is 15.0. The second-order valence-electron chi connectivity index (χ2n) is 7.68. The van der Waals surface area contributed by atoms with E-state index in [1.54, 1.807) is 12.1 Å². The summed E-state index contributed by atoms with van der Waals surface area (Å²) in [7, 11) is 0. The lowest BCUT2D eigenvalue weighted by atomic mass is 9.96. The molecule has 0 spiro atoms. The summed E-state index contributed by atoms with van der Waals surface area (Å²) in [6, 6.07) is 10.6. The molecule has 4 aromatic rings. The molecule has 0 saturated carbocycles. The molecule has 1 aliphatic rings. The highest BCUT2D eigenvalue weighted by Gasteiger charge is 2.27. The van der Waals surface area contributed by atoms with Gasteiger partial charge in [0, 0.05) is 24.6 Å². The molecule has 1 saturated heterocycles. The van der Waals surface area contributed by atoms with E-state index in [1.807, 2.05) is 24.3 Å². The zero-order valence-electron chi connectivity index (χ0n) is 16.5. The van der Waals surface area contributed by atoms with Gasteiger partial charge in [-0.05, 0) is 35.1 Å². The number of halogens is 2. The van der Waals surface area contributed by atoms with E-state index in [9.17, 15) is 14.3 Å². The van der Waals surface area contributed by atoms with Crippen LogP contribution in [-0.2, 0) is 11.2 Å². The van der Waals surface area contributed by atoms with Gasteiger partial charge in [-0.2, -0.15) is 0 Å². The topological polar surface area (TPSA) is 77.2 Å². The molecule has 3 heterocycles. The van der Waals surface area contributed by atoms with Crippen LogP contribution in [0.4, 0.5) is 4.39 Å². The van der Waals surface area contributed by atoms with Crippen LogP contribution in [0.5, 0.6) is 0 Å². The number of benzene rings is 2. The summed E-state index contributed by atoms with van der Waals surface area (Å²) in [6.45, 7) is 0.650. The second kappa shape index (κ2) is 8.00. The van der Waals surface area contributed by atoms with Gasteiger partial charge in [0.15, 0.2) is 11.0 Å². The van der Waals surface area contributed by atoms with E-state index in [4.69, 9.17) is 16.3 Å². The third-order valence-electron chi connectivity index (χ3n) is 5.83. The summed E-state index contributed by atoms with van der Waals surface area (Å²) >= 11 is 5.86. The Labute approximate surface area is 181 Å². The highest BCUT2D eigenvalue weighted by Crippen LogP contribution is 2.29. The molecule has 8 heteroatoms. The number of pyridine rings is 1. The van der Waals surface area contributed by atoms with Crippen molar-refractivity contribution in [2.75, 3.05) is 13.2 Å². The van der Waals surface area contributed by atoms with Crippen LogP contribution in [-0.4, -0.2) is 39.0 Å². The summed E-state index contributed by atoms with van der Waals surface area (Å²) in [5.74, 6) is -0.567. The van der Waals surface area contributed by atoms with Gasteiger partial charge >= 0.3 is 0 Å². The highest BCUT2D eigenvalue weighted by atomic mass is 35.5. The quantitative estimate of drug-likeness (QED) is 0.389. The molecule has 0 radical (unpaired) electrons. The maximum atomic E-state index is 14.5. The normalized spacial score (nSPS) is 19.2. The van der Waals surface area contributed by atoms with Gasteiger partial charge < -0.3 is 9.84 Å². The molecule has 2 aromatic carbocycles. The van der Waals surface area contributed by atoms with Crippen LogP contribution in [0.3, 0.4) is 0 Å². The zero-order valence-corrected chi connectivity index (χ0v) is 17.2. The standard InChI is InChI=1S/C23H19ClFN3O3/c24-22-20(25)13(5-7-26-22)9-14-10-17-21(16-4-2-1-3-15(14)16)27-12-28(23(17)30)18-6-8-31-11-19(18)29/h1-5,7,10,12,18-19,29H,6,8-9,11H2/t18-,19-/m0/s1. The first kappa shape index (κ1) is 20.1. The molecule has 1 N–H and O–H groups in total. The first-order valence-corrected chi connectivity index (χ1v) is 10.4. The molecule has 5 rings (SSSR count). The molecule has 0 aliphatic carbocycles. The minimum Gasteiger partial charge on any atom is -0.389 e. The lowest BCUT2D eigenvalue weighted by Gasteiger charge is -2.29. The van der Waals surface area contributed by atoms with Crippen LogP contribution in [0, 0.1) is 5.82 Å². The van der Waals surface area contributed by atoms with Crippen molar-refractivity contribution >= 4 is 33.3 Å². The molecular weight excluding hydrogens is 421 g/mol. The Morgan fingerprint density at radius 3 is 2.77 bits per heavy atom. The van der Waals surface area contributed by atoms with Crippen LogP contribution in [0.2, 0.25) is 5.15 Å². The number of hydrogen-bond donors (Lipinski definition) is 1. The Morgan fingerprint density at radius 2 is 1.97 bits per heavy atom. The monoisotopic (exact) mass is 439 g/mol. The fourth-order valence-electron chi connectivity index (χ4n) is 4.26. The van der Waals surface area contributed by atoms with Gasteiger partial charge in [0.05, 0.1) is 36.0 Å². The van der Waals surface area contributed by atoms with E-state index < -0.39 is 18.0 Å². The lowest BCUT2D eigenvalue weighted by molar-refractivity contribution is -0.0395. The average molecular weight is 440 g/mol. The van der Waals surface area contributed by atoms with E-state index in [0.29, 0.717) is 29.5 Å². The second-order valence-corrected chi connectivity index (χ2v) is 8.04. The summed E-state index contributed by atoms with van der Waals surface area (Å²) in [4.78, 5) is 21.7. The Balaban J connectivity index is 1.72. The van der Waals surface area contributed by atoms with E-state index in [1.165, 1.54) is 17.1 Å². The van der Waals surface area contributed by atoms with Crippen molar-refractivity contribution in [3.63, 3.8) is 0 Å². The highest BCUT2D eigenvalue weighted by molar-refractivity contribution is 6.29. The summed E-state index contributed by atoms with van der Waals surface area (Å²) in [5, 5.41) is 12.3. The average Bonchev–Trinajstić information content (AvgIpc) is 2.78. The minimum absolute atomic E-state index is 0.180. The van der Waals surface area contributed by atoms with Crippen molar-refractivity contribution in [2.24, 2.45) is 0 Å². The molecule has 158 valence electrons. The van der Waals surface area contributed by atoms with E-state index in [2.05, 4.69) is 9.97 Å². The summed E-state index contributed by atoms with van der Waals surface area (Å²) in [6.07, 6.45) is 2.95. The Kier molecular flexibility index (Phi) is 5.17. The number of hydrogen-bond acceptors (Lipinski definition) is 5. The van der Waals surface area contributed by atoms with Crippen molar-refractivity contribution in [1.82, 2.24) is 14.5 Å². The van der Waals surface area contributed by atoms with Crippen LogP contribution in [0.1, 0.15) is 23.6 Å². The Bertz CT molecular complexity index is 1360. The van der Waals surface area contributed by atoms with E-state index >= 15 is 0 Å². The molecule has 0 amide bonds. The third kappa shape index (κ3) is 3.48. The van der Waals surface area contributed by atoms with Gasteiger partial charge in [-0.3, -0.25) is 9.36 Å². The van der Waals surface area contributed by atoms with Gasteiger partial charge in [0.2, 0.25) is 0 Å². The summed E-state index contributed by atoms with van der Waals surface area (Å²) < 4.78 is 21.3. The first-order valence-electron chi connectivity index (χ1n) is 10.0. The fraction of sp³-hybridized carbons (Fsp3) is 0.261. The van der Waals surface area contributed by atoms with Crippen molar-refractivity contribution in [3.05, 3.63) is 81.4 Å². The fourth-order valence-corrected chi connectivity index (χ4v) is 4.44. The van der Waals surface area contributed by atoms with Gasteiger partial charge in [-0.1, -0.05) is 35.9 Å². The zero-order chi connectivity index (χ0) is 21.5. The maximum absolute atomic E-state index is 14.5. The number of rotatable bonds is 3. The molecule has 0 bridgehead atoms.